The maximum absolute atomic E-state index is 12.4. The summed E-state index contributed by atoms with van der Waals surface area (Å²) in [4.78, 5) is 31.2. The summed E-state index contributed by atoms with van der Waals surface area (Å²) < 4.78 is 5.65. The number of halogens is 1. The number of carbonyl (C=O) groups is 2. The predicted octanol–water partition coefficient (Wildman–Crippen LogP) is 3.90. The summed E-state index contributed by atoms with van der Waals surface area (Å²) in [6, 6.07) is 7.17. The van der Waals surface area contributed by atoms with E-state index < -0.39 is 5.97 Å². The highest BCUT2D eigenvalue weighted by Crippen LogP contribution is 2.25. The number of amides is 1. The van der Waals surface area contributed by atoms with E-state index in [1.54, 1.807) is 31.9 Å². The SMILES string of the molecule is CCOC(=O)c1cc(C#N)c(SCC(=O)N(C)Cc2ccc(Cl)s2)nc1C. The zero-order valence-electron chi connectivity index (χ0n) is 15.1. The van der Waals surface area contributed by atoms with Gasteiger partial charge in [-0.05, 0) is 32.0 Å². The molecule has 0 saturated carbocycles. The van der Waals surface area contributed by atoms with Crippen LogP contribution in [0, 0.1) is 18.3 Å². The minimum atomic E-state index is -0.513. The first-order chi connectivity index (χ1) is 12.8. The first-order valence-electron chi connectivity index (χ1n) is 8.05. The minimum Gasteiger partial charge on any atom is -0.462 e. The zero-order chi connectivity index (χ0) is 20.0. The topological polar surface area (TPSA) is 83.3 Å². The van der Waals surface area contributed by atoms with Crippen LogP contribution in [0.3, 0.4) is 0 Å². The van der Waals surface area contributed by atoms with Crippen molar-refractivity contribution in [3.05, 3.63) is 44.2 Å². The molecule has 0 saturated heterocycles. The summed E-state index contributed by atoms with van der Waals surface area (Å²) >= 11 is 8.51. The van der Waals surface area contributed by atoms with E-state index in [1.165, 1.54) is 29.2 Å². The molecule has 2 heterocycles. The zero-order valence-corrected chi connectivity index (χ0v) is 17.5. The van der Waals surface area contributed by atoms with Gasteiger partial charge in [0.1, 0.15) is 11.1 Å². The van der Waals surface area contributed by atoms with Gasteiger partial charge in [-0.25, -0.2) is 9.78 Å². The Morgan fingerprint density at radius 3 is 2.78 bits per heavy atom. The van der Waals surface area contributed by atoms with E-state index >= 15 is 0 Å². The molecule has 2 rings (SSSR count). The Morgan fingerprint density at radius 1 is 1.44 bits per heavy atom. The highest BCUT2D eigenvalue weighted by molar-refractivity contribution is 8.00. The van der Waals surface area contributed by atoms with Gasteiger partial charge < -0.3 is 9.64 Å². The molecule has 0 aliphatic carbocycles. The van der Waals surface area contributed by atoms with Crippen LogP contribution in [0.25, 0.3) is 0 Å². The van der Waals surface area contributed by atoms with Crippen molar-refractivity contribution in [2.75, 3.05) is 19.4 Å². The number of ether oxygens (including phenoxy) is 1. The van der Waals surface area contributed by atoms with Crippen molar-refractivity contribution >= 4 is 46.6 Å². The van der Waals surface area contributed by atoms with Gasteiger partial charge in [0.25, 0.3) is 0 Å². The van der Waals surface area contributed by atoms with Gasteiger partial charge in [0, 0.05) is 11.9 Å². The quantitative estimate of drug-likeness (QED) is 0.496. The van der Waals surface area contributed by atoms with E-state index in [9.17, 15) is 14.9 Å². The third-order valence-electron chi connectivity index (χ3n) is 3.57. The summed E-state index contributed by atoms with van der Waals surface area (Å²) in [5.74, 6) is -0.474. The van der Waals surface area contributed by atoms with Crippen molar-refractivity contribution in [2.45, 2.75) is 25.4 Å². The van der Waals surface area contributed by atoms with Gasteiger partial charge in [-0.3, -0.25) is 4.79 Å². The molecule has 2 aromatic rings. The number of hydrogen-bond donors (Lipinski definition) is 0. The fraction of sp³-hybridized carbons (Fsp3) is 0.333. The van der Waals surface area contributed by atoms with Gasteiger partial charge in [-0.15, -0.1) is 11.3 Å². The number of aromatic nitrogens is 1. The fourth-order valence-corrected chi connectivity index (χ4v) is 4.27. The van der Waals surface area contributed by atoms with Crippen molar-refractivity contribution in [1.82, 2.24) is 9.88 Å². The molecule has 0 radical (unpaired) electrons. The Kier molecular flexibility index (Phi) is 7.66. The molecular formula is C18H18ClN3O3S2. The highest BCUT2D eigenvalue weighted by Gasteiger charge is 2.18. The fourth-order valence-electron chi connectivity index (χ4n) is 2.19. The average Bonchev–Trinajstić information content (AvgIpc) is 3.04. The second-order valence-electron chi connectivity index (χ2n) is 5.55. The largest absolute Gasteiger partial charge is 0.462 e. The second kappa shape index (κ2) is 9.74. The lowest BCUT2D eigenvalue weighted by molar-refractivity contribution is -0.127. The van der Waals surface area contributed by atoms with Gasteiger partial charge >= 0.3 is 5.97 Å². The highest BCUT2D eigenvalue weighted by atomic mass is 35.5. The Hall–Kier alpha value is -2.08. The lowest BCUT2D eigenvalue weighted by Gasteiger charge is -2.16. The van der Waals surface area contributed by atoms with Crippen molar-refractivity contribution in [1.29, 1.82) is 5.26 Å². The number of esters is 1. The number of carbonyl (C=O) groups excluding carboxylic acids is 2. The maximum Gasteiger partial charge on any atom is 0.340 e. The molecule has 0 fully saturated rings. The van der Waals surface area contributed by atoms with Crippen LogP contribution in [0.2, 0.25) is 4.34 Å². The first-order valence-corrected chi connectivity index (χ1v) is 10.2. The monoisotopic (exact) mass is 423 g/mol. The molecule has 2 aromatic heterocycles. The molecule has 0 N–H and O–H groups in total. The van der Waals surface area contributed by atoms with Crippen LogP contribution < -0.4 is 0 Å². The molecule has 0 aromatic carbocycles. The van der Waals surface area contributed by atoms with Crippen LogP contribution >= 0.6 is 34.7 Å². The van der Waals surface area contributed by atoms with Crippen LogP contribution in [0.4, 0.5) is 0 Å². The number of hydrogen-bond acceptors (Lipinski definition) is 7. The first kappa shape index (κ1) is 21.2. The lowest BCUT2D eigenvalue weighted by Crippen LogP contribution is -2.27. The molecule has 0 aliphatic heterocycles. The normalized spacial score (nSPS) is 10.3. The van der Waals surface area contributed by atoms with Crippen LogP contribution in [0.15, 0.2) is 23.2 Å². The molecule has 1 amide bonds. The molecule has 6 nitrogen and oxygen atoms in total. The average molecular weight is 424 g/mol. The van der Waals surface area contributed by atoms with Crippen LogP contribution in [-0.2, 0) is 16.1 Å². The third-order valence-corrected chi connectivity index (χ3v) is 5.77. The van der Waals surface area contributed by atoms with E-state index in [-0.39, 0.29) is 29.4 Å². The number of pyridine rings is 1. The van der Waals surface area contributed by atoms with E-state index in [0.717, 1.165) is 4.88 Å². The van der Waals surface area contributed by atoms with Crippen molar-refractivity contribution < 1.29 is 14.3 Å². The summed E-state index contributed by atoms with van der Waals surface area (Å²) in [5.41, 5.74) is 0.967. The summed E-state index contributed by atoms with van der Waals surface area (Å²) in [6.45, 7) is 4.09. The van der Waals surface area contributed by atoms with E-state index in [4.69, 9.17) is 16.3 Å². The molecule has 0 atom stereocenters. The Labute approximate surface area is 171 Å². The lowest BCUT2D eigenvalue weighted by atomic mass is 10.1. The summed E-state index contributed by atoms with van der Waals surface area (Å²) in [5, 5.41) is 9.78. The third kappa shape index (κ3) is 5.70. The smallest absolute Gasteiger partial charge is 0.340 e. The van der Waals surface area contributed by atoms with Gasteiger partial charge in [0.15, 0.2) is 0 Å². The van der Waals surface area contributed by atoms with Crippen molar-refractivity contribution in [3.63, 3.8) is 0 Å². The summed E-state index contributed by atoms with van der Waals surface area (Å²) in [6.07, 6.45) is 0. The van der Waals surface area contributed by atoms with E-state index in [2.05, 4.69) is 4.98 Å². The van der Waals surface area contributed by atoms with Gasteiger partial charge in [0.2, 0.25) is 5.91 Å². The van der Waals surface area contributed by atoms with Gasteiger partial charge in [-0.2, -0.15) is 5.26 Å². The number of rotatable bonds is 7. The number of thioether (sulfide) groups is 1. The number of nitriles is 1. The predicted molar refractivity (Wildman–Crippen MR) is 106 cm³/mol. The number of aryl methyl sites for hydroxylation is 1. The van der Waals surface area contributed by atoms with Crippen molar-refractivity contribution in [2.24, 2.45) is 0 Å². The van der Waals surface area contributed by atoms with Crippen LogP contribution in [-0.4, -0.2) is 41.2 Å². The molecule has 142 valence electrons. The number of nitrogens with zero attached hydrogens (tertiary/aromatic N) is 3. The maximum atomic E-state index is 12.4. The van der Waals surface area contributed by atoms with Crippen LogP contribution in [0.5, 0.6) is 0 Å². The van der Waals surface area contributed by atoms with E-state index in [1.807, 2.05) is 12.1 Å². The Balaban J connectivity index is 2.06. The van der Waals surface area contributed by atoms with Crippen LogP contribution in [0.1, 0.15) is 33.4 Å². The molecule has 9 heteroatoms. The molecule has 27 heavy (non-hydrogen) atoms. The van der Waals surface area contributed by atoms with E-state index in [0.29, 0.717) is 21.6 Å². The summed E-state index contributed by atoms with van der Waals surface area (Å²) in [7, 11) is 1.71. The molecule has 0 spiro atoms. The van der Waals surface area contributed by atoms with Gasteiger partial charge in [-0.1, -0.05) is 23.4 Å². The standard InChI is InChI=1S/C18H18ClN3O3S2/c1-4-25-18(24)14-7-12(8-20)17(21-11(14)2)26-10-16(23)22(3)9-13-5-6-15(19)27-13/h5-7H,4,9-10H2,1-3H3. The molecular weight excluding hydrogens is 406 g/mol. The molecule has 0 bridgehead atoms. The second-order valence-corrected chi connectivity index (χ2v) is 8.31. The Morgan fingerprint density at radius 2 is 2.19 bits per heavy atom. The van der Waals surface area contributed by atoms with Gasteiger partial charge in [0.05, 0.1) is 40.1 Å². The molecule has 0 unspecified atom stereocenters. The van der Waals surface area contributed by atoms with Crippen molar-refractivity contribution in [3.8, 4) is 6.07 Å². The Bertz CT molecular complexity index is 892. The minimum absolute atomic E-state index is 0.0951. The molecule has 0 aliphatic rings. The number of thiophene rings is 1.